The molecule has 0 unspecified atom stereocenters. The molecule has 10 heteroatoms. The van der Waals surface area contributed by atoms with Crippen molar-refractivity contribution in [2.24, 2.45) is 0 Å². The van der Waals surface area contributed by atoms with E-state index in [4.69, 9.17) is 48.4 Å². The summed E-state index contributed by atoms with van der Waals surface area (Å²) in [6.07, 6.45) is 0. The Kier molecular flexibility index (Phi) is 21.2. The zero-order valence-corrected chi connectivity index (χ0v) is 19.9. The zero-order chi connectivity index (χ0) is 23.7. The van der Waals surface area contributed by atoms with Crippen molar-refractivity contribution in [3.63, 3.8) is 0 Å². The average Bonchev–Trinajstić information content (AvgIpc) is 2.83. The molecule has 0 bridgehead atoms. The van der Waals surface area contributed by atoms with Gasteiger partial charge in [-0.05, 0) is 24.3 Å². The predicted molar refractivity (Wildman–Crippen MR) is 124 cm³/mol. The van der Waals surface area contributed by atoms with E-state index in [-0.39, 0.29) is 0 Å². The fraction of sp³-hybridized carbons (Fsp3) is 0.739. The highest BCUT2D eigenvalue weighted by Crippen LogP contribution is 2.12. The molecule has 1 aromatic carbocycles. The Morgan fingerprint density at radius 3 is 1.09 bits per heavy atom. The monoisotopic (exact) mass is 475 g/mol. The number of nitrogens with two attached hydrogens (primary N) is 1. The summed E-state index contributed by atoms with van der Waals surface area (Å²) in [5.74, 6) is 0.777. The first-order valence-corrected chi connectivity index (χ1v) is 11.3. The number of hydrogen-bond acceptors (Lipinski definition) is 10. The van der Waals surface area contributed by atoms with Gasteiger partial charge >= 0.3 is 0 Å². The van der Waals surface area contributed by atoms with E-state index < -0.39 is 0 Å². The number of ether oxygens (including phenoxy) is 9. The molecule has 0 aliphatic heterocycles. The van der Waals surface area contributed by atoms with Crippen LogP contribution in [0.2, 0.25) is 0 Å². The second-order valence-corrected chi connectivity index (χ2v) is 6.70. The summed E-state index contributed by atoms with van der Waals surface area (Å²) in [5, 5.41) is 0. The molecule has 0 heterocycles. The number of rotatable bonds is 25. The third-order valence-corrected chi connectivity index (χ3v) is 4.04. The van der Waals surface area contributed by atoms with Crippen molar-refractivity contribution < 1.29 is 42.6 Å². The van der Waals surface area contributed by atoms with Crippen LogP contribution in [-0.2, 0) is 37.9 Å². The van der Waals surface area contributed by atoms with Crippen LogP contribution in [0.15, 0.2) is 24.3 Å². The van der Waals surface area contributed by atoms with Crippen molar-refractivity contribution in [1.82, 2.24) is 0 Å². The van der Waals surface area contributed by atoms with Crippen LogP contribution >= 0.6 is 0 Å². The summed E-state index contributed by atoms with van der Waals surface area (Å²) in [6.45, 7) is 8.54. The topological polar surface area (TPSA) is 109 Å². The van der Waals surface area contributed by atoms with Crippen LogP contribution in [0, 0.1) is 0 Å². The van der Waals surface area contributed by atoms with E-state index in [2.05, 4.69) is 0 Å². The second-order valence-electron chi connectivity index (χ2n) is 6.70. The lowest BCUT2D eigenvalue weighted by molar-refractivity contribution is -0.0227. The van der Waals surface area contributed by atoms with Gasteiger partial charge in [0.15, 0.2) is 0 Å². The van der Waals surface area contributed by atoms with Crippen LogP contribution in [0.3, 0.4) is 0 Å². The molecule has 0 aliphatic rings. The highest BCUT2D eigenvalue weighted by Gasteiger charge is 1.96. The Hall–Kier alpha value is -1.50. The highest BCUT2D eigenvalue weighted by atomic mass is 16.6. The molecule has 1 aromatic rings. The van der Waals surface area contributed by atoms with E-state index in [0.717, 1.165) is 5.75 Å². The molecular weight excluding hydrogens is 434 g/mol. The smallest absolute Gasteiger partial charge is 0.119 e. The number of methoxy groups -OCH3 is 1. The lowest BCUT2D eigenvalue weighted by Crippen LogP contribution is -2.15. The van der Waals surface area contributed by atoms with Gasteiger partial charge in [-0.15, -0.1) is 0 Å². The summed E-state index contributed by atoms with van der Waals surface area (Å²) < 4.78 is 48.3. The van der Waals surface area contributed by atoms with Gasteiger partial charge in [0.2, 0.25) is 0 Å². The molecule has 0 aromatic heterocycles. The Balaban J connectivity index is 1.66. The first-order chi connectivity index (χ1) is 16.3. The Morgan fingerprint density at radius 1 is 0.455 bits per heavy atom. The largest absolute Gasteiger partial charge is 0.491 e. The first kappa shape index (κ1) is 29.5. The van der Waals surface area contributed by atoms with Gasteiger partial charge in [-0.1, -0.05) is 0 Å². The van der Waals surface area contributed by atoms with Crippen LogP contribution in [0.25, 0.3) is 0 Å². The van der Waals surface area contributed by atoms with E-state index >= 15 is 0 Å². The molecule has 0 saturated carbocycles. The van der Waals surface area contributed by atoms with Gasteiger partial charge < -0.3 is 48.4 Å². The van der Waals surface area contributed by atoms with Crippen LogP contribution in [-0.4, -0.2) is 113 Å². The van der Waals surface area contributed by atoms with E-state index in [1.807, 2.05) is 12.1 Å². The third-order valence-electron chi connectivity index (χ3n) is 4.04. The van der Waals surface area contributed by atoms with Gasteiger partial charge in [-0.3, -0.25) is 0 Å². The third kappa shape index (κ3) is 20.8. The quantitative estimate of drug-likeness (QED) is 0.165. The van der Waals surface area contributed by atoms with E-state index in [1.54, 1.807) is 19.2 Å². The van der Waals surface area contributed by atoms with E-state index in [1.165, 1.54) is 0 Å². The van der Waals surface area contributed by atoms with Gasteiger partial charge in [0.25, 0.3) is 0 Å². The SMILES string of the molecule is COCCOCCOCCOCCOCCOCCOCCOCCOc1ccc(N)cc1. The molecule has 10 nitrogen and oxygen atoms in total. The average molecular weight is 476 g/mol. The molecule has 0 aliphatic carbocycles. The first-order valence-electron chi connectivity index (χ1n) is 11.3. The minimum absolute atomic E-state index is 0.483. The Bertz CT molecular complexity index is 519. The number of hydrogen-bond donors (Lipinski definition) is 1. The molecule has 2 N–H and O–H groups in total. The molecule has 0 fully saturated rings. The van der Waals surface area contributed by atoms with Crippen LogP contribution in [0.4, 0.5) is 5.69 Å². The Labute approximate surface area is 197 Å². The summed E-state index contributed by atoms with van der Waals surface area (Å²) in [6, 6.07) is 7.27. The number of benzene rings is 1. The lowest BCUT2D eigenvalue weighted by Gasteiger charge is -2.09. The van der Waals surface area contributed by atoms with Gasteiger partial charge in [0, 0.05) is 12.8 Å². The van der Waals surface area contributed by atoms with Crippen molar-refractivity contribution in [1.29, 1.82) is 0 Å². The maximum absolute atomic E-state index is 5.62. The maximum atomic E-state index is 5.62. The highest BCUT2D eigenvalue weighted by molar-refractivity contribution is 5.41. The summed E-state index contributed by atoms with van der Waals surface area (Å²) >= 11 is 0. The molecule has 0 atom stereocenters. The fourth-order valence-electron chi connectivity index (χ4n) is 2.35. The molecular formula is C23H41NO9. The van der Waals surface area contributed by atoms with Crippen molar-refractivity contribution in [2.45, 2.75) is 0 Å². The molecule has 0 radical (unpaired) electrons. The second kappa shape index (κ2) is 23.7. The molecule has 1 rings (SSSR count). The fourth-order valence-corrected chi connectivity index (χ4v) is 2.35. The molecule has 0 amide bonds. The van der Waals surface area contributed by atoms with Crippen molar-refractivity contribution in [2.75, 3.05) is 119 Å². The van der Waals surface area contributed by atoms with Crippen molar-refractivity contribution in [3.05, 3.63) is 24.3 Å². The summed E-state index contributed by atoms with van der Waals surface area (Å²) in [5.41, 5.74) is 6.34. The minimum Gasteiger partial charge on any atom is -0.491 e. The van der Waals surface area contributed by atoms with Crippen molar-refractivity contribution in [3.8, 4) is 5.75 Å². The number of nitrogen functional groups attached to an aromatic ring is 1. The van der Waals surface area contributed by atoms with Crippen molar-refractivity contribution >= 4 is 5.69 Å². The van der Waals surface area contributed by atoms with Crippen LogP contribution in [0.1, 0.15) is 0 Å². The Morgan fingerprint density at radius 2 is 0.758 bits per heavy atom. The van der Waals surface area contributed by atoms with Gasteiger partial charge in [-0.25, -0.2) is 0 Å². The van der Waals surface area contributed by atoms with Crippen LogP contribution in [0.5, 0.6) is 5.75 Å². The molecule has 0 spiro atoms. The number of anilines is 1. The molecule has 33 heavy (non-hydrogen) atoms. The van der Waals surface area contributed by atoms with Gasteiger partial charge in [0.05, 0.1) is 99.1 Å². The van der Waals surface area contributed by atoms with E-state index in [0.29, 0.717) is 111 Å². The lowest BCUT2D eigenvalue weighted by atomic mass is 10.3. The summed E-state index contributed by atoms with van der Waals surface area (Å²) in [7, 11) is 1.65. The summed E-state index contributed by atoms with van der Waals surface area (Å²) in [4.78, 5) is 0. The van der Waals surface area contributed by atoms with Gasteiger partial charge in [-0.2, -0.15) is 0 Å². The van der Waals surface area contributed by atoms with Crippen LogP contribution < -0.4 is 10.5 Å². The zero-order valence-electron chi connectivity index (χ0n) is 19.9. The van der Waals surface area contributed by atoms with Gasteiger partial charge in [0.1, 0.15) is 12.4 Å². The maximum Gasteiger partial charge on any atom is 0.119 e. The normalized spacial score (nSPS) is 11.2. The molecule has 192 valence electrons. The van der Waals surface area contributed by atoms with E-state index in [9.17, 15) is 0 Å². The minimum atomic E-state index is 0.483. The standard InChI is InChI=1S/C23H41NO9/c1-25-6-7-26-8-9-27-10-11-28-12-13-29-14-15-30-16-17-31-18-19-32-20-21-33-23-4-2-22(24)3-5-23/h2-5H,6-21,24H2,1H3. The molecule has 0 saturated heterocycles. The predicted octanol–water partition coefficient (Wildman–Crippen LogP) is 1.41.